The number of aromatic nitrogens is 2. The van der Waals surface area contributed by atoms with Crippen molar-refractivity contribution < 1.29 is 0 Å². The van der Waals surface area contributed by atoms with Crippen LogP contribution in [0, 0.1) is 0 Å². The van der Waals surface area contributed by atoms with Gasteiger partial charge in [0.2, 0.25) is 0 Å². The summed E-state index contributed by atoms with van der Waals surface area (Å²) >= 11 is 0. The van der Waals surface area contributed by atoms with Gasteiger partial charge in [-0.2, -0.15) is 0 Å². The summed E-state index contributed by atoms with van der Waals surface area (Å²) in [6.07, 6.45) is 11.2. The van der Waals surface area contributed by atoms with Gasteiger partial charge in [-0.05, 0) is 41.5 Å². The number of hydrogen-bond donors (Lipinski definition) is 0. The van der Waals surface area contributed by atoms with E-state index in [1.165, 1.54) is 54.4 Å². The third kappa shape index (κ3) is 4.78. The first-order valence-electron chi connectivity index (χ1n) is 9.81. The molecule has 2 nitrogen and oxygen atoms in total. The summed E-state index contributed by atoms with van der Waals surface area (Å²) in [5, 5.41) is 0. The zero-order chi connectivity index (χ0) is 18.2. The summed E-state index contributed by atoms with van der Waals surface area (Å²) in [7, 11) is 0. The molecular weight excluding hydrogens is 316 g/mol. The van der Waals surface area contributed by atoms with Gasteiger partial charge < -0.3 is 0 Å². The van der Waals surface area contributed by atoms with Crippen molar-refractivity contribution in [2.75, 3.05) is 0 Å². The van der Waals surface area contributed by atoms with E-state index in [1.54, 1.807) is 0 Å². The largest absolute Gasteiger partial charge is 0.236 e. The van der Waals surface area contributed by atoms with Crippen molar-refractivity contribution in [2.45, 2.75) is 52.4 Å². The molecule has 0 aliphatic heterocycles. The van der Waals surface area contributed by atoms with E-state index in [9.17, 15) is 0 Å². The van der Waals surface area contributed by atoms with E-state index in [1.807, 2.05) is 12.4 Å². The Morgan fingerprint density at radius 2 is 1.19 bits per heavy atom. The van der Waals surface area contributed by atoms with Gasteiger partial charge >= 0.3 is 0 Å². The summed E-state index contributed by atoms with van der Waals surface area (Å²) in [5.41, 5.74) is 6.16. The smallest absolute Gasteiger partial charge is 0.159 e. The molecule has 0 amide bonds. The molecule has 0 aliphatic rings. The highest BCUT2D eigenvalue weighted by molar-refractivity contribution is 5.67. The molecule has 2 aromatic carbocycles. The Labute approximate surface area is 157 Å². The molecule has 0 radical (unpaired) electrons. The second-order valence-electron chi connectivity index (χ2n) is 6.85. The topological polar surface area (TPSA) is 25.8 Å². The molecule has 0 saturated carbocycles. The molecule has 0 fully saturated rings. The SMILES string of the molecule is CCCCCCc1ccc(-c2ccc(-c3ncc(CC)cn3)cc2)cc1. The fourth-order valence-corrected chi connectivity index (χ4v) is 3.12. The molecule has 2 heteroatoms. The number of aryl methyl sites for hydroxylation is 2. The Morgan fingerprint density at radius 3 is 1.77 bits per heavy atom. The Bertz CT molecular complexity index is 787. The van der Waals surface area contributed by atoms with E-state index >= 15 is 0 Å². The van der Waals surface area contributed by atoms with Crippen LogP contribution in [0.4, 0.5) is 0 Å². The van der Waals surface area contributed by atoms with Gasteiger partial charge in [0.05, 0.1) is 0 Å². The van der Waals surface area contributed by atoms with Crippen LogP contribution in [0.1, 0.15) is 50.7 Å². The molecule has 134 valence electrons. The minimum atomic E-state index is 0.788. The van der Waals surface area contributed by atoms with E-state index in [-0.39, 0.29) is 0 Å². The number of rotatable bonds is 8. The van der Waals surface area contributed by atoms with Crippen molar-refractivity contribution in [3.63, 3.8) is 0 Å². The lowest BCUT2D eigenvalue weighted by Gasteiger charge is -2.06. The molecule has 0 bridgehead atoms. The highest BCUT2D eigenvalue weighted by atomic mass is 14.9. The van der Waals surface area contributed by atoms with E-state index < -0.39 is 0 Å². The van der Waals surface area contributed by atoms with Crippen LogP contribution in [0.3, 0.4) is 0 Å². The van der Waals surface area contributed by atoms with Crippen LogP contribution in [0.25, 0.3) is 22.5 Å². The minimum absolute atomic E-state index is 0.788. The van der Waals surface area contributed by atoms with Crippen LogP contribution < -0.4 is 0 Å². The lowest BCUT2D eigenvalue weighted by Crippen LogP contribution is -1.91. The predicted octanol–water partition coefficient (Wildman–Crippen LogP) is 6.50. The third-order valence-corrected chi connectivity index (χ3v) is 4.86. The predicted molar refractivity (Wildman–Crippen MR) is 110 cm³/mol. The van der Waals surface area contributed by atoms with E-state index in [4.69, 9.17) is 0 Å². The highest BCUT2D eigenvalue weighted by Crippen LogP contribution is 2.24. The van der Waals surface area contributed by atoms with Gasteiger partial charge in [0.15, 0.2) is 5.82 Å². The first-order chi connectivity index (χ1) is 12.8. The van der Waals surface area contributed by atoms with Gasteiger partial charge in [0, 0.05) is 18.0 Å². The second kappa shape index (κ2) is 9.28. The summed E-state index contributed by atoms with van der Waals surface area (Å²) in [5.74, 6) is 0.788. The fraction of sp³-hybridized carbons (Fsp3) is 0.333. The number of nitrogens with zero attached hydrogens (tertiary/aromatic N) is 2. The van der Waals surface area contributed by atoms with Gasteiger partial charge in [0.1, 0.15) is 0 Å². The van der Waals surface area contributed by atoms with Crippen LogP contribution in [-0.2, 0) is 12.8 Å². The van der Waals surface area contributed by atoms with E-state index in [0.29, 0.717) is 0 Å². The molecule has 0 aliphatic carbocycles. The van der Waals surface area contributed by atoms with Gasteiger partial charge in [-0.15, -0.1) is 0 Å². The van der Waals surface area contributed by atoms with E-state index in [2.05, 4.69) is 72.3 Å². The molecular formula is C24H28N2. The van der Waals surface area contributed by atoms with Crippen molar-refractivity contribution in [1.29, 1.82) is 0 Å². The number of benzene rings is 2. The van der Waals surface area contributed by atoms with Crippen LogP contribution >= 0.6 is 0 Å². The second-order valence-corrected chi connectivity index (χ2v) is 6.85. The van der Waals surface area contributed by atoms with Crippen molar-refractivity contribution >= 4 is 0 Å². The zero-order valence-corrected chi connectivity index (χ0v) is 15.9. The lowest BCUT2D eigenvalue weighted by atomic mass is 10.00. The van der Waals surface area contributed by atoms with Crippen molar-refractivity contribution in [2.24, 2.45) is 0 Å². The van der Waals surface area contributed by atoms with Crippen molar-refractivity contribution in [3.8, 4) is 22.5 Å². The summed E-state index contributed by atoms with van der Waals surface area (Å²) < 4.78 is 0. The molecule has 0 unspecified atom stereocenters. The maximum absolute atomic E-state index is 4.46. The number of unbranched alkanes of at least 4 members (excludes halogenated alkanes) is 3. The molecule has 3 aromatic rings. The Kier molecular flexibility index (Phi) is 6.54. The minimum Gasteiger partial charge on any atom is -0.236 e. The number of hydrogen-bond acceptors (Lipinski definition) is 2. The molecule has 0 spiro atoms. The molecule has 0 atom stereocenters. The highest BCUT2D eigenvalue weighted by Gasteiger charge is 2.03. The van der Waals surface area contributed by atoms with Crippen LogP contribution in [0.5, 0.6) is 0 Å². The van der Waals surface area contributed by atoms with Crippen LogP contribution in [0.2, 0.25) is 0 Å². The van der Waals surface area contributed by atoms with Gasteiger partial charge in [0.25, 0.3) is 0 Å². The monoisotopic (exact) mass is 344 g/mol. The maximum Gasteiger partial charge on any atom is 0.159 e. The Balaban J connectivity index is 1.66. The summed E-state index contributed by atoms with van der Waals surface area (Å²) in [6.45, 7) is 4.37. The molecule has 1 aromatic heterocycles. The molecule has 0 N–H and O–H groups in total. The first-order valence-corrected chi connectivity index (χ1v) is 9.81. The summed E-state index contributed by atoms with van der Waals surface area (Å²) in [4.78, 5) is 8.93. The average Bonchev–Trinajstić information content (AvgIpc) is 2.72. The van der Waals surface area contributed by atoms with E-state index in [0.717, 1.165) is 17.8 Å². The van der Waals surface area contributed by atoms with Gasteiger partial charge in [-0.1, -0.05) is 81.6 Å². The first kappa shape index (κ1) is 18.3. The van der Waals surface area contributed by atoms with Crippen molar-refractivity contribution in [3.05, 3.63) is 72.1 Å². The molecule has 1 heterocycles. The van der Waals surface area contributed by atoms with Crippen molar-refractivity contribution in [1.82, 2.24) is 9.97 Å². The van der Waals surface area contributed by atoms with Crippen LogP contribution in [0.15, 0.2) is 60.9 Å². The third-order valence-electron chi connectivity index (χ3n) is 4.86. The van der Waals surface area contributed by atoms with Crippen LogP contribution in [-0.4, -0.2) is 9.97 Å². The standard InChI is InChI=1S/C24H28N2/c1-3-5-6-7-8-20-9-11-21(12-10-20)22-13-15-23(16-14-22)24-25-17-19(4-2)18-26-24/h9-18H,3-8H2,1-2H3. The molecule has 26 heavy (non-hydrogen) atoms. The van der Waals surface area contributed by atoms with Gasteiger partial charge in [-0.25, -0.2) is 9.97 Å². The quantitative estimate of drug-likeness (QED) is 0.436. The fourth-order valence-electron chi connectivity index (χ4n) is 3.12. The van der Waals surface area contributed by atoms with Gasteiger partial charge in [-0.3, -0.25) is 0 Å². The Hall–Kier alpha value is -2.48. The summed E-state index contributed by atoms with van der Waals surface area (Å²) in [6, 6.07) is 17.5. The lowest BCUT2D eigenvalue weighted by molar-refractivity contribution is 0.667. The normalized spacial score (nSPS) is 10.8. The molecule has 3 rings (SSSR count). The molecule has 0 saturated heterocycles. The maximum atomic E-state index is 4.46. The average molecular weight is 345 g/mol. The zero-order valence-electron chi connectivity index (χ0n) is 15.9. The Morgan fingerprint density at radius 1 is 0.615 bits per heavy atom.